The van der Waals surface area contributed by atoms with Gasteiger partial charge >= 0.3 is 0 Å². The molecule has 5 rings (SSSR count). The second-order valence-corrected chi connectivity index (χ2v) is 10.2. The highest BCUT2D eigenvalue weighted by atomic mass is 16.1. The Labute approximate surface area is 191 Å². The lowest BCUT2D eigenvalue weighted by molar-refractivity contribution is 0.0935. The molecule has 6 heteroatoms. The zero-order valence-electron chi connectivity index (χ0n) is 19.4. The van der Waals surface area contributed by atoms with E-state index in [4.69, 9.17) is 9.97 Å². The van der Waals surface area contributed by atoms with Crippen LogP contribution in [0, 0.1) is 5.41 Å². The fraction of sp³-hybridized carbons (Fsp3) is 0.577. The Hall–Kier alpha value is -2.47. The number of nitrogens with zero attached hydrogens (tertiary/aromatic N) is 4. The van der Waals surface area contributed by atoms with E-state index in [0.717, 1.165) is 38.3 Å². The predicted octanol–water partition coefficient (Wildman–Crippen LogP) is 3.77. The largest absolute Gasteiger partial charge is 0.350 e. The van der Waals surface area contributed by atoms with Crippen LogP contribution in [0.3, 0.4) is 0 Å². The molecule has 1 saturated carbocycles. The van der Waals surface area contributed by atoms with E-state index in [-0.39, 0.29) is 17.2 Å². The summed E-state index contributed by atoms with van der Waals surface area (Å²) in [6, 6.07) is 10.4. The number of rotatable bonds is 7. The van der Waals surface area contributed by atoms with Crippen LogP contribution in [0.15, 0.2) is 30.3 Å². The molecule has 3 heterocycles. The third kappa shape index (κ3) is 4.65. The first-order valence-corrected chi connectivity index (χ1v) is 12.2. The molecule has 2 aromatic rings. The van der Waals surface area contributed by atoms with Crippen molar-refractivity contribution >= 4 is 11.9 Å². The normalized spacial score (nSPS) is 19.8. The van der Waals surface area contributed by atoms with Gasteiger partial charge < -0.3 is 15.1 Å². The van der Waals surface area contributed by atoms with Crippen molar-refractivity contribution in [2.45, 2.75) is 58.4 Å². The lowest BCUT2D eigenvalue weighted by Gasteiger charge is -2.29. The fourth-order valence-corrected chi connectivity index (χ4v) is 5.01. The Morgan fingerprint density at radius 1 is 1.09 bits per heavy atom. The molecule has 1 saturated heterocycles. The smallest absolute Gasteiger partial charge is 0.270 e. The van der Waals surface area contributed by atoms with E-state index in [9.17, 15) is 4.79 Å². The SMILES string of the molecule is CC(C)c1cc(C(=O)NCC2(CN3CCCC3)CC2)nc(N2CCc3ccccc3C2)n1. The highest BCUT2D eigenvalue weighted by Crippen LogP contribution is 2.46. The molecule has 0 radical (unpaired) electrons. The van der Waals surface area contributed by atoms with Gasteiger partial charge in [0, 0.05) is 37.3 Å². The third-order valence-electron chi connectivity index (χ3n) is 7.31. The molecule has 1 amide bonds. The highest BCUT2D eigenvalue weighted by molar-refractivity contribution is 5.92. The van der Waals surface area contributed by atoms with Gasteiger partial charge in [-0.15, -0.1) is 0 Å². The van der Waals surface area contributed by atoms with Crippen molar-refractivity contribution in [1.82, 2.24) is 20.2 Å². The van der Waals surface area contributed by atoms with E-state index in [1.165, 1.54) is 49.9 Å². The van der Waals surface area contributed by atoms with Crippen LogP contribution in [0.5, 0.6) is 0 Å². The van der Waals surface area contributed by atoms with E-state index in [0.29, 0.717) is 11.6 Å². The molecule has 3 aliphatic rings. The second-order valence-electron chi connectivity index (χ2n) is 10.2. The molecule has 0 bridgehead atoms. The Morgan fingerprint density at radius 2 is 1.84 bits per heavy atom. The van der Waals surface area contributed by atoms with Crippen molar-refractivity contribution in [3.63, 3.8) is 0 Å². The number of carbonyl (C=O) groups excluding carboxylic acids is 1. The number of fused-ring (bicyclic) bond motifs is 1. The Kier molecular flexibility index (Phi) is 5.89. The first-order valence-electron chi connectivity index (χ1n) is 12.2. The highest BCUT2D eigenvalue weighted by Gasteiger charge is 2.44. The number of amides is 1. The fourth-order valence-electron chi connectivity index (χ4n) is 5.01. The molecule has 32 heavy (non-hydrogen) atoms. The first-order chi connectivity index (χ1) is 15.5. The lowest BCUT2D eigenvalue weighted by Crippen LogP contribution is -2.38. The molecule has 6 nitrogen and oxygen atoms in total. The molecule has 1 aliphatic carbocycles. The molecule has 1 aromatic heterocycles. The maximum absolute atomic E-state index is 13.1. The van der Waals surface area contributed by atoms with Gasteiger partial charge in [0.15, 0.2) is 0 Å². The van der Waals surface area contributed by atoms with Crippen LogP contribution in [0.1, 0.15) is 72.8 Å². The van der Waals surface area contributed by atoms with E-state index < -0.39 is 0 Å². The summed E-state index contributed by atoms with van der Waals surface area (Å²) in [5.74, 6) is 0.847. The molecule has 2 aliphatic heterocycles. The van der Waals surface area contributed by atoms with Gasteiger partial charge in [0.2, 0.25) is 5.95 Å². The number of anilines is 1. The number of likely N-dealkylation sites (tertiary alicyclic amines) is 1. The molecule has 0 spiro atoms. The predicted molar refractivity (Wildman–Crippen MR) is 127 cm³/mol. The van der Waals surface area contributed by atoms with E-state index in [2.05, 4.69) is 53.2 Å². The average Bonchev–Trinajstić information content (AvgIpc) is 3.39. The molecule has 0 atom stereocenters. The quantitative estimate of drug-likeness (QED) is 0.720. The Morgan fingerprint density at radius 3 is 2.56 bits per heavy atom. The number of benzene rings is 1. The third-order valence-corrected chi connectivity index (χ3v) is 7.31. The number of hydrogen-bond donors (Lipinski definition) is 1. The molecule has 2 fully saturated rings. The average molecular weight is 434 g/mol. The Balaban J connectivity index is 1.30. The van der Waals surface area contributed by atoms with Crippen molar-refractivity contribution in [3.05, 3.63) is 52.8 Å². The molecule has 1 aromatic carbocycles. The number of carbonyl (C=O) groups is 1. The monoisotopic (exact) mass is 433 g/mol. The van der Waals surface area contributed by atoms with Crippen molar-refractivity contribution in [3.8, 4) is 0 Å². The van der Waals surface area contributed by atoms with Gasteiger partial charge in [-0.25, -0.2) is 9.97 Å². The van der Waals surface area contributed by atoms with Crippen molar-refractivity contribution < 1.29 is 4.79 Å². The van der Waals surface area contributed by atoms with Crippen molar-refractivity contribution in [2.75, 3.05) is 37.6 Å². The second kappa shape index (κ2) is 8.81. The molecule has 170 valence electrons. The number of nitrogens with one attached hydrogen (secondary N) is 1. The number of hydrogen-bond acceptors (Lipinski definition) is 5. The summed E-state index contributed by atoms with van der Waals surface area (Å²) in [7, 11) is 0. The van der Waals surface area contributed by atoms with Gasteiger partial charge in [-0.05, 0) is 68.3 Å². The maximum atomic E-state index is 13.1. The van der Waals surface area contributed by atoms with Crippen LogP contribution in [-0.2, 0) is 13.0 Å². The minimum absolute atomic E-state index is 0.0688. The van der Waals surface area contributed by atoms with E-state index >= 15 is 0 Å². The van der Waals surface area contributed by atoms with Gasteiger partial charge in [0.05, 0.1) is 0 Å². The summed E-state index contributed by atoms with van der Waals surface area (Å²) in [6.45, 7) is 10.2. The summed E-state index contributed by atoms with van der Waals surface area (Å²) in [4.78, 5) is 27.5. The van der Waals surface area contributed by atoms with Gasteiger partial charge in [0.25, 0.3) is 5.91 Å². The van der Waals surface area contributed by atoms with Crippen LogP contribution in [0.4, 0.5) is 5.95 Å². The molecular weight excluding hydrogens is 398 g/mol. The standard InChI is InChI=1S/C26H35N5O/c1-19(2)22-15-23(24(32)27-17-26(10-11-26)18-30-12-5-6-13-30)29-25(28-22)31-14-9-20-7-3-4-8-21(20)16-31/h3-4,7-8,15,19H,5-6,9-14,16-18H2,1-2H3,(H,27,32). The summed E-state index contributed by atoms with van der Waals surface area (Å²) in [5, 5.41) is 3.21. The molecule has 1 N–H and O–H groups in total. The van der Waals surface area contributed by atoms with Gasteiger partial charge in [-0.3, -0.25) is 4.79 Å². The topological polar surface area (TPSA) is 61.4 Å². The molecule has 0 unspecified atom stereocenters. The van der Waals surface area contributed by atoms with Gasteiger partial charge in [-0.1, -0.05) is 38.1 Å². The van der Waals surface area contributed by atoms with Crippen molar-refractivity contribution in [2.24, 2.45) is 5.41 Å². The van der Waals surface area contributed by atoms with Crippen LogP contribution >= 0.6 is 0 Å². The summed E-state index contributed by atoms with van der Waals surface area (Å²) in [5.41, 5.74) is 4.41. The van der Waals surface area contributed by atoms with Crippen molar-refractivity contribution in [1.29, 1.82) is 0 Å². The molecular formula is C26H35N5O. The summed E-state index contributed by atoms with van der Waals surface area (Å²) in [6.07, 6.45) is 6.02. The van der Waals surface area contributed by atoms with E-state index in [1.807, 2.05) is 6.07 Å². The summed E-state index contributed by atoms with van der Waals surface area (Å²) < 4.78 is 0. The number of aromatic nitrogens is 2. The zero-order valence-corrected chi connectivity index (χ0v) is 19.4. The van der Waals surface area contributed by atoms with Gasteiger partial charge in [0.1, 0.15) is 5.69 Å². The first kappa shape index (κ1) is 21.4. The van der Waals surface area contributed by atoms with Crippen LogP contribution in [0.25, 0.3) is 0 Å². The lowest BCUT2D eigenvalue weighted by atomic mass is 10.0. The van der Waals surface area contributed by atoms with E-state index in [1.54, 1.807) is 0 Å². The minimum Gasteiger partial charge on any atom is -0.350 e. The van der Waals surface area contributed by atoms with Crippen LogP contribution < -0.4 is 10.2 Å². The van der Waals surface area contributed by atoms with Crippen LogP contribution in [0.2, 0.25) is 0 Å². The Bertz CT molecular complexity index is 978. The minimum atomic E-state index is -0.0688. The van der Waals surface area contributed by atoms with Gasteiger partial charge in [-0.2, -0.15) is 0 Å². The summed E-state index contributed by atoms with van der Waals surface area (Å²) >= 11 is 0. The van der Waals surface area contributed by atoms with Crippen LogP contribution in [-0.4, -0.2) is 53.5 Å². The maximum Gasteiger partial charge on any atom is 0.270 e. The zero-order chi connectivity index (χ0) is 22.1.